The Morgan fingerprint density at radius 2 is 2.33 bits per heavy atom. The van der Waals surface area contributed by atoms with E-state index in [9.17, 15) is 9.18 Å². The number of piperidine rings is 1. The summed E-state index contributed by atoms with van der Waals surface area (Å²) in [5.41, 5.74) is 1.41. The third kappa shape index (κ3) is 4.36. The molecule has 1 aliphatic rings. The minimum Gasteiger partial charge on any atom is -0.468 e. The number of hydrogen-bond donors (Lipinski definition) is 2. The Bertz CT molecular complexity index is 906. The van der Waals surface area contributed by atoms with E-state index in [0.29, 0.717) is 18.5 Å². The van der Waals surface area contributed by atoms with Gasteiger partial charge in [-0.15, -0.1) is 0 Å². The standard InChI is InChI=1S/C20H23FN4O2/c21-15-5-6-17-18(11-15)24-19(23-17)7-8-22-20(26)14-3-1-9-25(12-14)13-16-4-2-10-27-16/h2,4-6,10-11,14H,1,3,7-9,12-13H2,(H,22,26)(H,23,24)/t14-/m0/s1. The number of imidazole rings is 1. The van der Waals surface area contributed by atoms with Crippen LogP contribution in [0, 0.1) is 11.7 Å². The van der Waals surface area contributed by atoms with E-state index in [0.717, 1.165) is 49.6 Å². The Kier molecular flexibility index (Phi) is 5.20. The summed E-state index contributed by atoms with van der Waals surface area (Å²) in [6.45, 7) is 2.98. The van der Waals surface area contributed by atoms with Gasteiger partial charge in [-0.2, -0.15) is 0 Å². The molecule has 1 saturated heterocycles. The number of amides is 1. The number of fused-ring (bicyclic) bond motifs is 1. The molecular weight excluding hydrogens is 347 g/mol. The molecule has 6 nitrogen and oxygen atoms in total. The molecule has 0 radical (unpaired) electrons. The minimum absolute atomic E-state index is 0.00141. The van der Waals surface area contributed by atoms with Crippen LogP contribution in [-0.2, 0) is 17.8 Å². The number of carbonyl (C=O) groups is 1. The summed E-state index contributed by atoms with van der Waals surface area (Å²) in [4.78, 5) is 22.3. The summed E-state index contributed by atoms with van der Waals surface area (Å²) in [7, 11) is 0. The number of hydrogen-bond acceptors (Lipinski definition) is 4. The largest absolute Gasteiger partial charge is 0.468 e. The molecule has 0 saturated carbocycles. The molecule has 3 heterocycles. The van der Waals surface area contributed by atoms with Gasteiger partial charge in [-0.3, -0.25) is 9.69 Å². The van der Waals surface area contributed by atoms with Crippen molar-refractivity contribution in [3.8, 4) is 0 Å². The Balaban J connectivity index is 1.26. The molecule has 1 aliphatic heterocycles. The number of carbonyl (C=O) groups excluding carboxylic acids is 1. The van der Waals surface area contributed by atoms with Crippen LogP contribution in [0.15, 0.2) is 41.0 Å². The summed E-state index contributed by atoms with van der Waals surface area (Å²) in [5.74, 6) is 1.47. The smallest absolute Gasteiger partial charge is 0.224 e. The Labute approximate surface area is 156 Å². The van der Waals surface area contributed by atoms with Gasteiger partial charge in [-0.1, -0.05) is 0 Å². The van der Waals surface area contributed by atoms with Crippen molar-refractivity contribution in [1.29, 1.82) is 0 Å². The molecule has 27 heavy (non-hydrogen) atoms. The first-order chi connectivity index (χ1) is 13.2. The zero-order valence-corrected chi connectivity index (χ0v) is 15.1. The first-order valence-electron chi connectivity index (χ1n) is 9.34. The molecule has 1 aromatic carbocycles. The lowest BCUT2D eigenvalue weighted by atomic mass is 9.97. The second kappa shape index (κ2) is 7.92. The number of H-pyrrole nitrogens is 1. The number of nitrogens with one attached hydrogen (secondary N) is 2. The normalized spacial score (nSPS) is 18.0. The average molecular weight is 370 g/mol. The van der Waals surface area contributed by atoms with Gasteiger partial charge < -0.3 is 14.7 Å². The number of furan rings is 1. The fraction of sp³-hybridized carbons (Fsp3) is 0.400. The molecule has 0 spiro atoms. The summed E-state index contributed by atoms with van der Waals surface area (Å²) in [5, 5.41) is 3.01. The van der Waals surface area contributed by atoms with Gasteiger partial charge in [0.15, 0.2) is 0 Å². The van der Waals surface area contributed by atoms with Crippen LogP contribution in [0.5, 0.6) is 0 Å². The quantitative estimate of drug-likeness (QED) is 0.700. The van der Waals surface area contributed by atoms with E-state index < -0.39 is 0 Å². The molecule has 0 aliphatic carbocycles. The minimum atomic E-state index is -0.289. The second-order valence-corrected chi connectivity index (χ2v) is 7.04. The van der Waals surface area contributed by atoms with Crippen LogP contribution in [-0.4, -0.2) is 40.4 Å². The fourth-order valence-corrected chi connectivity index (χ4v) is 3.64. The fourth-order valence-electron chi connectivity index (χ4n) is 3.64. The summed E-state index contributed by atoms with van der Waals surface area (Å²) >= 11 is 0. The molecule has 1 fully saturated rings. The van der Waals surface area contributed by atoms with E-state index in [2.05, 4.69) is 20.2 Å². The van der Waals surface area contributed by atoms with Crippen molar-refractivity contribution >= 4 is 16.9 Å². The van der Waals surface area contributed by atoms with Gasteiger partial charge in [0.2, 0.25) is 5.91 Å². The molecule has 1 atom stereocenters. The van der Waals surface area contributed by atoms with Crippen LogP contribution >= 0.6 is 0 Å². The monoisotopic (exact) mass is 370 g/mol. The van der Waals surface area contributed by atoms with Crippen LogP contribution in [0.3, 0.4) is 0 Å². The van der Waals surface area contributed by atoms with Crippen LogP contribution < -0.4 is 5.32 Å². The third-order valence-electron chi connectivity index (χ3n) is 4.99. The predicted octanol–water partition coefficient (Wildman–Crippen LogP) is 2.87. The summed E-state index contributed by atoms with van der Waals surface area (Å²) in [6, 6.07) is 8.32. The molecule has 7 heteroatoms. The summed E-state index contributed by atoms with van der Waals surface area (Å²) < 4.78 is 18.6. The molecule has 4 rings (SSSR count). The maximum atomic E-state index is 13.2. The van der Waals surface area contributed by atoms with Crippen molar-refractivity contribution in [3.05, 3.63) is 54.0 Å². The van der Waals surface area contributed by atoms with Gasteiger partial charge in [0, 0.05) is 19.5 Å². The number of likely N-dealkylation sites (tertiary alicyclic amines) is 1. The van der Waals surface area contributed by atoms with Gasteiger partial charge >= 0.3 is 0 Å². The first kappa shape index (κ1) is 17.7. The van der Waals surface area contributed by atoms with Crippen LogP contribution in [0.2, 0.25) is 0 Å². The van der Waals surface area contributed by atoms with Crippen molar-refractivity contribution in [3.63, 3.8) is 0 Å². The highest BCUT2D eigenvalue weighted by Gasteiger charge is 2.26. The first-order valence-corrected chi connectivity index (χ1v) is 9.34. The van der Waals surface area contributed by atoms with Crippen molar-refractivity contribution in [1.82, 2.24) is 20.2 Å². The van der Waals surface area contributed by atoms with Crippen molar-refractivity contribution < 1.29 is 13.6 Å². The highest BCUT2D eigenvalue weighted by atomic mass is 19.1. The molecule has 2 N–H and O–H groups in total. The average Bonchev–Trinajstić information content (AvgIpc) is 3.31. The predicted molar refractivity (Wildman–Crippen MR) is 99.5 cm³/mol. The molecule has 3 aromatic rings. The highest BCUT2D eigenvalue weighted by Crippen LogP contribution is 2.19. The van der Waals surface area contributed by atoms with Crippen LogP contribution in [0.4, 0.5) is 4.39 Å². The molecule has 0 unspecified atom stereocenters. The molecule has 2 aromatic heterocycles. The zero-order chi connectivity index (χ0) is 18.6. The van der Waals surface area contributed by atoms with E-state index in [1.165, 1.54) is 12.1 Å². The number of aromatic amines is 1. The zero-order valence-electron chi connectivity index (χ0n) is 15.1. The topological polar surface area (TPSA) is 74.2 Å². The SMILES string of the molecule is O=C(NCCc1nc2ccc(F)cc2[nH]1)[C@H]1CCCN(Cc2ccco2)C1. The second-order valence-electron chi connectivity index (χ2n) is 7.04. The highest BCUT2D eigenvalue weighted by molar-refractivity contribution is 5.79. The van der Waals surface area contributed by atoms with Gasteiger partial charge in [0.1, 0.15) is 17.4 Å². The van der Waals surface area contributed by atoms with Crippen molar-refractivity contribution in [2.24, 2.45) is 5.92 Å². The van der Waals surface area contributed by atoms with Gasteiger partial charge in [0.05, 0.1) is 29.8 Å². The maximum absolute atomic E-state index is 13.2. The van der Waals surface area contributed by atoms with Gasteiger partial charge in [0.25, 0.3) is 0 Å². The summed E-state index contributed by atoms with van der Waals surface area (Å²) in [6.07, 6.45) is 4.18. The van der Waals surface area contributed by atoms with E-state index in [1.54, 1.807) is 12.3 Å². The van der Waals surface area contributed by atoms with Gasteiger partial charge in [-0.25, -0.2) is 9.37 Å². The molecule has 0 bridgehead atoms. The van der Waals surface area contributed by atoms with Crippen molar-refractivity contribution in [2.75, 3.05) is 19.6 Å². The van der Waals surface area contributed by atoms with Crippen LogP contribution in [0.25, 0.3) is 11.0 Å². The number of rotatable bonds is 6. The van der Waals surface area contributed by atoms with Crippen LogP contribution in [0.1, 0.15) is 24.4 Å². The molecule has 1 amide bonds. The lowest BCUT2D eigenvalue weighted by Gasteiger charge is -2.31. The third-order valence-corrected chi connectivity index (χ3v) is 4.99. The van der Waals surface area contributed by atoms with Gasteiger partial charge in [-0.05, 0) is 49.7 Å². The lowest BCUT2D eigenvalue weighted by molar-refractivity contribution is -0.126. The number of benzene rings is 1. The van der Waals surface area contributed by atoms with E-state index >= 15 is 0 Å². The van der Waals surface area contributed by atoms with E-state index in [4.69, 9.17) is 4.42 Å². The molecular formula is C20H23FN4O2. The number of aromatic nitrogens is 2. The lowest BCUT2D eigenvalue weighted by Crippen LogP contribution is -2.43. The van der Waals surface area contributed by atoms with E-state index in [-0.39, 0.29) is 17.6 Å². The maximum Gasteiger partial charge on any atom is 0.224 e. The number of halogens is 1. The number of nitrogens with zero attached hydrogens (tertiary/aromatic N) is 2. The molecule has 142 valence electrons. The van der Waals surface area contributed by atoms with E-state index in [1.807, 2.05) is 12.1 Å². The Morgan fingerprint density at radius 1 is 1.41 bits per heavy atom. The Morgan fingerprint density at radius 3 is 3.19 bits per heavy atom. The Hall–Kier alpha value is -2.67. The van der Waals surface area contributed by atoms with Crippen molar-refractivity contribution in [2.45, 2.75) is 25.8 Å².